The quantitative estimate of drug-likeness (QED) is 0.811. The number of benzene rings is 1. The first kappa shape index (κ1) is 17.5. The van der Waals surface area contributed by atoms with Gasteiger partial charge in [0.05, 0.1) is 19.3 Å². The molecule has 2 saturated heterocycles. The van der Waals surface area contributed by atoms with E-state index in [2.05, 4.69) is 6.92 Å². The normalized spacial score (nSPS) is 27.8. The molecule has 3 heterocycles. The SMILES string of the molecule is CC[C@@H]1CN(C(=O)c2ccc3c(c2)CCN3C(C)=O)C[C@]2(CCOC2)O1. The van der Waals surface area contributed by atoms with Gasteiger partial charge in [0.15, 0.2) is 0 Å². The zero-order valence-electron chi connectivity index (χ0n) is 15.5. The van der Waals surface area contributed by atoms with Crippen molar-refractivity contribution in [1.29, 1.82) is 0 Å². The van der Waals surface area contributed by atoms with Crippen LogP contribution in [-0.2, 0) is 20.7 Å². The zero-order valence-corrected chi connectivity index (χ0v) is 15.5. The average Bonchev–Trinajstić information content (AvgIpc) is 3.27. The molecule has 26 heavy (non-hydrogen) atoms. The van der Waals surface area contributed by atoms with E-state index in [0.717, 1.165) is 30.5 Å². The molecule has 3 aliphatic heterocycles. The molecule has 1 aromatic rings. The highest BCUT2D eigenvalue weighted by atomic mass is 16.6. The predicted molar refractivity (Wildman–Crippen MR) is 97.4 cm³/mol. The summed E-state index contributed by atoms with van der Waals surface area (Å²) in [6.45, 7) is 6.82. The molecule has 1 aromatic carbocycles. The summed E-state index contributed by atoms with van der Waals surface area (Å²) in [6, 6.07) is 5.70. The number of ether oxygens (including phenoxy) is 2. The van der Waals surface area contributed by atoms with E-state index in [9.17, 15) is 9.59 Å². The van der Waals surface area contributed by atoms with E-state index in [1.54, 1.807) is 11.8 Å². The van der Waals surface area contributed by atoms with E-state index >= 15 is 0 Å². The van der Waals surface area contributed by atoms with Gasteiger partial charge in [0, 0.05) is 44.3 Å². The Morgan fingerprint density at radius 3 is 2.88 bits per heavy atom. The third kappa shape index (κ3) is 3.01. The van der Waals surface area contributed by atoms with Crippen LogP contribution in [0.15, 0.2) is 18.2 Å². The Bertz CT molecular complexity index is 727. The topological polar surface area (TPSA) is 59.1 Å². The molecule has 0 unspecified atom stereocenters. The maximum absolute atomic E-state index is 13.2. The third-order valence-corrected chi connectivity index (χ3v) is 5.73. The Kier molecular flexibility index (Phi) is 4.49. The van der Waals surface area contributed by atoms with Crippen LogP contribution >= 0.6 is 0 Å². The Morgan fingerprint density at radius 2 is 2.19 bits per heavy atom. The van der Waals surface area contributed by atoms with Crippen LogP contribution < -0.4 is 4.90 Å². The molecule has 140 valence electrons. The van der Waals surface area contributed by atoms with Crippen molar-refractivity contribution in [1.82, 2.24) is 4.90 Å². The molecule has 0 aliphatic carbocycles. The minimum atomic E-state index is -0.350. The summed E-state index contributed by atoms with van der Waals surface area (Å²) < 4.78 is 11.8. The fraction of sp³-hybridized carbons (Fsp3) is 0.600. The number of amides is 2. The Balaban J connectivity index is 1.56. The van der Waals surface area contributed by atoms with Gasteiger partial charge in [-0.25, -0.2) is 0 Å². The molecule has 0 bridgehead atoms. The fourth-order valence-electron chi connectivity index (χ4n) is 4.30. The molecule has 0 N–H and O–H groups in total. The molecule has 0 saturated carbocycles. The second-order valence-electron chi connectivity index (χ2n) is 7.58. The van der Waals surface area contributed by atoms with Crippen molar-refractivity contribution in [3.8, 4) is 0 Å². The smallest absolute Gasteiger partial charge is 0.254 e. The van der Waals surface area contributed by atoms with Crippen molar-refractivity contribution in [2.75, 3.05) is 37.7 Å². The summed E-state index contributed by atoms with van der Waals surface area (Å²) in [5.41, 5.74) is 2.35. The minimum absolute atomic E-state index is 0.0436. The second kappa shape index (κ2) is 6.67. The van der Waals surface area contributed by atoms with Gasteiger partial charge < -0.3 is 19.3 Å². The van der Waals surface area contributed by atoms with Crippen molar-refractivity contribution in [2.24, 2.45) is 0 Å². The lowest BCUT2D eigenvalue weighted by Crippen LogP contribution is -2.57. The highest BCUT2D eigenvalue weighted by molar-refractivity contribution is 5.98. The number of morpholine rings is 1. The first-order valence-corrected chi connectivity index (χ1v) is 9.47. The first-order valence-electron chi connectivity index (χ1n) is 9.47. The van der Waals surface area contributed by atoms with E-state index < -0.39 is 0 Å². The van der Waals surface area contributed by atoms with Crippen LogP contribution in [0.2, 0.25) is 0 Å². The summed E-state index contributed by atoms with van der Waals surface area (Å²) in [5.74, 6) is 0.0899. The Labute approximate surface area is 154 Å². The van der Waals surface area contributed by atoms with Crippen molar-refractivity contribution in [3.05, 3.63) is 29.3 Å². The molecule has 1 spiro atoms. The largest absolute Gasteiger partial charge is 0.378 e. The van der Waals surface area contributed by atoms with E-state index in [1.807, 2.05) is 23.1 Å². The molecule has 6 nitrogen and oxygen atoms in total. The molecule has 0 radical (unpaired) electrons. The van der Waals surface area contributed by atoms with Crippen LogP contribution in [0, 0.1) is 0 Å². The molecule has 6 heteroatoms. The number of fused-ring (bicyclic) bond motifs is 1. The summed E-state index contributed by atoms with van der Waals surface area (Å²) in [6.07, 6.45) is 2.57. The summed E-state index contributed by atoms with van der Waals surface area (Å²) in [4.78, 5) is 28.6. The maximum atomic E-state index is 13.2. The standard InChI is InChI=1S/C20H26N2O4/c1-3-17-11-21(12-20(26-17)7-9-25-13-20)19(24)16-4-5-18-15(10-16)6-8-22(18)14(2)23/h4-5,10,17H,3,6-9,11-13H2,1-2H3/t17-,20+/m1/s1. The second-order valence-corrected chi connectivity index (χ2v) is 7.58. The van der Waals surface area contributed by atoms with Crippen molar-refractivity contribution in [3.63, 3.8) is 0 Å². The molecule has 2 fully saturated rings. The maximum Gasteiger partial charge on any atom is 0.254 e. The van der Waals surface area contributed by atoms with Gasteiger partial charge in [-0.2, -0.15) is 0 Å². The molecule has 2 atom stereocenters. The van der Waals surface area contributed by atoms with E-state index in [1.165, 1.54) is 0 Å². The molecular weight excluding hydrogens is 332 g/mol. The van der Waals surface area contributed by atoms with Crippen LogP contribution in [0.5, 0.6) is 0 Å². The van der Waals surface area contributed by atoms with Crippen molar-refractivity contribution >= 4 is 17.5 Å². The summed E-state index contributed by atoms with van der Waals surface area (Å²) in [7, 11) is 0. The van der Waals surface area contributed by atoms with Crippen LogP contribution in [0.1, 0.15) is 42.6 Å². The number of hydrogen-bond donors (Lipinski definition) is 0. The van der Waals surface area contributed by atoms with Crippen molar-refractivity contribution in [2.45, 2.75) is 44.8 Å². The molecule has 4 rings (SSSR count). The van der Waals surface area contributed by atoms with Crippen molar-refractivity contribution < 1.29 is 19.1 Å². The number of rotatable bonds is 2. The summed E-state index contributed by atoms with van der Waals surface area (Å²) in [5, 5.41) is 0. The highest BCUT2D eigenvalue weighted by Crippen LogP contribution is 2.33. The molecular formula is C20H26N2O4. The van der Waals surface area contributed by atoms with E-state index in [-0.39, 0.29) is 23.5 Å². The summed E-state index contributed by atoms with van der Waals surface area (Å²) >= 11 is 0. The van der Waals surface area contributed by atoms with Gasteiger partial charge in [-0.05, 0) is 36.6 Å². The number of carbonyl (C=O) groups is 2. The van der Waals surface area contributed by atoms with Gasteiger partial charge in [-0.15, -0.1) is 0 Å². The van der Waals surface area contributed by atoms with Crippen LogP contribution in [0.25, 0.3) is 0 Å². The fourth-order valence-corrected chi connectivity index (χ4v) is 4.30. The van der Waals surface area contributed by atoms with Crippen LogP contribution in [0.4, 0.5) is 5.69 Å². The third-order valence-electron chi connectivity index (χ3n) is 5.73. The van der Waals surface area contributed by atoms with Gasteiger partial charge in [0.1, 0.15) is 5.60 Å². The van der Waals surface area contributed by atoms with Gasteiger partial charge in [0.2, 0.25) is 5.91 Å². The minimum Gasteiger partial charge on any atom is -0.378 e. The number of carbonyl (C=O) groups excluding carboxylic acids is 2. The van der Waals surface area contributed by atoms with Crippen LogP contribution in [-0.4, -0.2) is 61.3 Å². The first-order chi connectivity index (χ1) is 12.5. The lowest BCUT2D eigenvalue weighted by atomic mass is 9.97. The van der Waals surface area contributed by atoms with Gasteiger partial charge >= 0.3 is 0 Å². The van der Waals surface area contributed by atoms with Crippen LogP contribution in [0.3, 0.4) is 0 Å². The highest BCUT2D eigenvalue weighted by Gasteiger charge is 2.44. The monoisotopic (exact) mass is 358 g/mol. The number of anilines is 1. The molecule has 3 aliphatic rings. The van der Waals surface area contributed by atoms with Gasteiger partial charge in [-0.1, -0.05) is 6.92 Å². The number of nitrogens with zero attached hydrogens (tertiary/aromatic N) is 2. The molecule has 2 amide bonds. The lowest BCUT2D eigenvalue weighted by Gasteiger charge is -2.43. The number of hydrogen-bond acceptors (Lipinski definition) is 4. The predicted octanol–water partition coefficient (Wildman–Crippen LogP) is 2.01. The van der Waals surface area contributed by atoms with E-state index in [4.69, 9.17) is 9.47 Å². The molecule has 0 aromatic heterocycles. The lowest BCUT2D eigenvalue weighted by molar-refractivity contribution is -0.145. The zero-order chi connectivity index (χ0) is 18.3. The van der Waals surface area contributed by atoms with Gasteiger partial charge in [-0.3, -0.25) is 9.59 Å². The average molecular weight is 358 g/mol. The van der Waals surface area contributed by atoms with Gasteiger partial charge in [0.25, 0.3) is 5.91 Å². The Morgan fingerprint density at radius 1 is 1.35 bits per heavy atom. The Hall–Kier alpha value is -1.92. The van der Waals surface area contributed by atoms with E-state index in [0.29, 0.717) is 38.4 Å².